The van der Waals surface area contributed by atoms with Crippen LogP contribution in [-0.4, -0.2) is 13.2 Å². The van der Waals surface area contributed by atoms with Crippen LogP contribution < -0.4 is 0 Å². The molecule has 2 rings (SSSR count). The second-order valence-corrected chi connectivity index (χ2v) is 4.48. The van der Waals surface area contributed by atoms with E-state index in [1.165, 1.54) is 11.1 Å². The minimum Gasteiger partial charge on any atom is -0.376 e. The quantitative estimate of drug-likeness (QED) is 0.753. The SMILES string of the molecule is C=CC1=C(C(=C)C2=CC=C(C#N)CC2)CCOC1. The lowest BCUT2D eigenvalue weighted by Crippen LogP contribution is -2.12. The maximum absolute atomic E-state index is 8.84. The van der Waals surface area contributed by atoms with E-state index in [1.54, 1.807) is 0 Å². The van der Waals surface area contributed by atoms with Crippen LogP contribution in [0.5, 0.6) is 0 Å². The number of hydrogen-bond donors (Lipinski definition) is 0. The van der Waals surface area contributed by atoms with E-state index < -0.39 is 0 Å². The van der Waals surface area contributed by atoms with Crippen LogP contribution in [0.25, 0.3) is 0 Å². The molecule has 0 radical (unpaired) electrons. The fraction of sp³-hybridized carbons (Fsp3) is 0.312. The van der Waals surface area contributed by atoms with Gasteiger partial charge in [0.05, 0.1) is 19.3 Å². The van der Waals surface area contributed by atoms with Crippen molar-refractivity contribution in [2.75, 3.05) is 13.2 Å². The Hall–Kier alpha value is -1.85. The van der Waals surface area contributed by atoms with Gasteiger partial charge in [-0.25, -0.2) is 0 Å². The third-order valence-corrected chi connectivity index (χ3v) is 3.43. The van der Waals surface area contributed by atoms with Crippen LogP contribution in [0.2, 0.25) is 0 Å². The van der Waals surface area contributed by atoms with E-state index in [1.807, 2.05) is 18.2 Å². The van der Waals surface area contributed by atoms with Crippen molar-refractivity contribution in [2.24, 2.45) is 0 Å². The molecule has 1 aliphatic heterocycles. The van der Waals surface area contributed by atoms with Gasteiger partial charge in [0, 0.05) is 5.57 Å². The van der Waals surface area contributed by atoms with Crippen molar-refractivity contribution in [2.45, 2.75) is 19.3 Å². The van der Waals surface area contributed by atoms with Gasteiger partial charge in [0.15, 0.2) is 0 Å². The van der Waals surface area contributed by atoms with Gasteiger partial charge in [0.2, 0.25) is 0 Å². The van der Waals surface area contributed by atoms with E-state index in [9.17, 15) is 0 Å². The summed E-state index contributed by atoms with van der Waals surface area (Å²) in [5.41, 5.74) is 5.56. The molecule has 0 saturated heterocycles. The van der Waals surface area contributed by atoms with Crippen LogP contribution in [0.3, 0.4) is 0 Å². The summed E-state index contributed by atoms with van der Waals surface area (Å²) in [7, 11) is 0. The molecule has 0 amide bonds. The van der Waals surface area contributed by atoms with Crippen molar-refractivity contribution in [3.05, 3.63) is 59.3 Å². The van der Waals surface area contributed by atoms with Crippen molar-refractivity contribution >= 4 is 0 Å². The molecule has 0 atom stereocenters. The lowest BCUT2D eigenvalue weighted by atomic mass is 9.86. The minimum atomic E-state index is 0.629. The third-order valence-electron chi connectivity index (χ3n) is 3.43. The van der Waals surface area contributed by atoms with Gasteiger partial charge < -0.3 is 4.74 Å². The van der Waals surface area contributed by atoms with Gasteiger partial charge in [-0.05, 0) is 47.6 Å². The van der Waals surface area contributed by atoms with Crippen LogP contribution in [0.1, 0.15) is 19.3 Å². The van der Waals surface area contributed by atoms with E-state index in [0.29, 0.717) is 6.61 Å². The molecule has 2 heteroatoms. The molecule has 0 bridgehead atoms. The van der Waals surface area contributed by atoms with Gasteiger partial charge in [-0.1, -0.05) is 25.3 Å². The highest BCUT2D eigenvalue weighted by Crippen LogP contribution is 2.32. The molecule has 0 fully saturated rings. The molecule has 0 spiro atoms. The first-order chi connectivity index (χ1) is 8.76. The molecule has 0 aromatic heterocycles. The topological polar surface area (TPSA) is 33.0 Å². The molecule has 0 saturated carbocycles. The van der Waals surface area contributed by atoms with Crippen LogP contribution in [-0.2, 0) is 4.74 Å². The summed E-state index contributed by atoms with van der Waals surface area (Å²) >= 11 is 0. The molecule has 2 aliphatic rings. The Bertz CT molecular complexity index is 512. The van der Waals surface area contributed by atoms with E-state index in [2.05, 4.69) is 19.2 Å². The first-order valence-electron chi connectivity index (χ1n) is 6.18. The van der Waals surface area contributed by atoms with E-state index in [0.717, 1.165) is 42.6 Å². The predicted molar refractivity (Wildman–Crippen MR) is 72.8 cm³/mol. The molecule has 1 aliphatic carbocycles. The molecule has 0 aromatic rings. The normalized spacial score (nSPS) is 19.7. The van der Waals surface area contributed by atoms with Crippen LogP contribution in [0.4, 0.5) is 0 Å². The lowest BCUT2D eigenvalue weighted by Gasteiger charge is -2.23. The number of ether oxygens (including phenoxy) is 1. The number of hydrogen-bond acceptors (Lipinski definition) is 2. The first-order valence-corrected chi connectivity index (χ1v) is 6.18. The molecule has 0 aromatic carbocycles. The Morgan fingerprint density at radius 3 is 2.78 bits per heavy atom. The van der Waals surface area contributed by atoms with E-state index in [4.69, 9.17) is 10.00 Å². The average Bonchev–Trinajstić information content (AvgIpc) is 2.46. The van der Waals surface area contributed by atoms with E-state index >= 15 is 0 Å². The largest absolute Gasteiger partial charge is 0.376 e. The summed E-state index contributed by atoms with van der Waals surface area (Å²) in [6.45, 7) is 9.42. The monoisotopic (exact) mass is 239 g/mol. The van der Waals surface area contributed by atoms with Crippen LogP contribution >= 0.6 is 0 Å². The summed E-state index contributed by atoms with van der Waals surface area (Å²) < 4.78 is 5.43. The number of nitriles is 1. The summed E-state index contributed by atoms with van der Waals surface area (Å²) in [6, 6.07) is 2.20. The number of allylic oxidation sites excluding steroid dienone is 5. The molecule has 0 N–H and O–H groups in total. The maximum atomic E-state index is 8.84. The van der Waals surface area contributed by atoms with Crippen molar-refractivity contribution in [1.82, 2.24) is 0 Å². The molecular weight excluding hydrogens is 222 g/mol. The van der Waals surface area contributed by atoms with Crippen molar-refractivity contribution in [1.29, 1.82) is 5.26 Å². The van der Waals surface area contributed by atoms with Gasteiger partial charge in [-0.3, -0.25) is 0 Å². The first kappa shape index (κ1) is 12.6. The summed E-state index contributed by atoms with van der Waals surface area (Å²) in [6.07, 6.45) is 8.39. The highest BCUT2D eigenvalue weighted by Gasteiger charge is 2.17. The second-order valence-electron chi connectivity index (χ2n) is 4.48. The van der Waals surface area contributed by atoms with Crippen molar-refractivity contribution in [3.8, 4) is 6.07 Å². The molecule has 2 nitrogen and oxygen atoms in total. The molecule has 92 valence electrons. The third kappa shape index (κ3) is 2.52. The highest BCUT2D eigenvalue weighted by molar-refractivity contribution is 5.52. The lowest BCUT2D eigenvalue weighted by molar-refractivity contribution is 0.150. The smallest absolute Gasteiger partial charge is 0.0947 e. The van der Waals surface area contributed by atoms with Crippen molar-refractivity contribution in [3.63, 3.8) is 0 Å². The zero-order valence-corrected chi connectivity index (χ0v) is 10.5. The Labute approximate surface area is 108 Å². The van der Waals surface area contributed by atoms with Gasteiger partial charge in [0.25, 0.3) is 0 Å². The molecular formula is C16H17NO. The van der Waals surface area contributed by atoms with Crippen molar-refractivity contribution < 1.29 is 4.74 Å². The average molecular weight is 239 g/mol. The standard InChI is InChI=1S/C16H17NO/c1-3-14-11-18-9-8-16(14)12(2)15-6-4-13(10-17)5-7-15/h3-4,6H,1-2,5,7-9,11H2. The highest BCUT2D eigenvalue weighted by atomic mass is 16.5. The Kier molecular flexibility index (Phi) is 3.96. The van der Waals surface area contributed by atoms with Gasteiger partial charge in [-0.15, -0.1) is 0 Å². The zero-order valence-electron chi connectivity index (χ0n) is 10.5. The summed E-state index contributed by atoms with van der Waals surface area (Å²) in [4.78, 5) is 0. The number of rotatable bonds is 3. The van der Waals surface area contributed by atoms with Gasteiger partial charge in [0.1, 0.15) is 0 Å². The second kappa shape index (κ2) is 5.66. The van der Waals surface area contributed by atoms with Crippen LogP contribution in [0.15, 0.2) is 59.3 Å². The zero-order chi connectivity index (χ0) is 13.0. The Balaban J connectivity index is 2.25. The van der Waals surface area contributed by atoms with Gasteiger partial charge in [-0.2, -0.15) is 5.26 Å². The van der Waals surface area contributed by atoms with E-state index in [-0.39, 0.29) is 0 Å². The Morgan fingerprint density at radius 1 is 1.33 bits per heavy atom. The molecule has 18 heavy (non-hydrogen) atoms. The summed E-state index contributed by atoms with van der Waals surface area (Å²) in [5.74, 6) is 0. The maximum Gasteiger partial charge on any atom is 0.0947 e. The van der Waals surface area contributed by atoms with Crippen LogP contribution in [0, 0.1) is 11.3 Å². The minimum absolute atomic E-state index is 0.629. The Morgan fingerprint density at radius 2 is 2.17 bits per heavy atom. The summed E-state index contributed by atoms with van der Waals surface area (Å²) in [5, 5.41) is 8.84. The molecule has 1 heterocycles. The van der Waals surface area contributed by atoms with Gasteiger partial charge >= 0.3 is 0 Å². The fourth-order valence-corrected chi connectivity index (χ4v) is 2.31. The molecule has 0 unspecified atom stereocenters. The predicted octanol–water partition coefficient (Wildman–Crippen LogP) is 3.62. The number of nitrogens with zero attached hydrogens (tertiary/aromatic N) is 1. The fourth-order valence-electron chi connectivity index (χ4n) is 2.31.